The van der Waals surface area contributed by atoms with Crippen molar-refractivity contribution in [2.45, 2.75) is 6.54 Å². The largest absolute Gasteiger partial charge is 0.361 e. The quantitative estimate of drug-likeness (QED) is 0.692. The topological polar surface area (TPSA) is 99.3 Å². The molecule has 3 N–H and O–H groups in total. The molecule has 0 unspecified atom stereocenters. The molecule has 78 valence electrons. The van der Waals surface area contributed by atoms with Gasteiger partial charge in [0.25, 0.3) is 5.56 Å². The third-order valence-corrected chi connectivity index (χ3v) is 2.04. The second-order valence-corrected chi connectivity index (χ2v) is 3.06. The van der Waals surface area contributed by atoms with Gasteiger partial charge in [-0.2, -0.15) is 5.10 Å². The molecule has 0 fully saturated rings. The average Bonchev–Trinajstić information content (AvgIpc) is 2.73. The normalized spacial score (nSPS) is 10.2. The number of aromatic amines is 2. The second kappa shape index (κ2) is 4.09. The summed E-state index contributed by atoms with van der Waals surface area (Å²) in [6, 6.07) is 0. The van der Waals surface area contributed by atoms with Gasteiger partial charge in [0.2, 0.25) is 0 Å². The van der Waals surface area contributed by atoms with Gasteiger partial charge in [0.1, 0.15) is 17.2 Å². The first kappa shape index (κ1) is 9.66. The third kappa shape index (κ3) is 2.13. The van der Waals surface area contributed by atoms with Gasteiger partial charge in [-0.05, 0) is 0 Å². The molecule has 0 saturated heterocycles. The Morgan fingerprint density at radius 1 is 1.47 bits per heavy atom. The van der Waals surface area contributed by atoms with Crippen molar-refractivity contribution in [2.75, 3.05) is 5.32 Å². The van der Waals surface area contributed by atoms with Crippen molar-refractivity contribution in [3.8, 4) is 0 Å². The molecule has 2 heterocycles. The van der Waals surface area contributed by atoms with Crippen LogP contribution in [0.1, 0.15) is 5.82 Å². The fraction of sp³-hybridized carbons (Fsp3) is 0.143. The Bertz CT molecular complexity index is 492. The predicted octanol–water partition coefficient (Wildman–Crippen LogP) is 0.153. The lowest BCUT2D eigenvalue weighted by atomic mass is 10.5. The van der Waals surface area contributed by atoms with Gasteiger partial charge in [0.15, 0.2) is 5.82 Å². The van der Waals surface area contributed by atoms with Gasteiger partial charge in [-0.25, -0.2) is 9.97 Å². The molecule has 0 atom stereocenters. The summed E-state index contributed by atoms with van der Waals surface area (Å²) in [7, 11) is 0. The van der Waals surface area contributed by atoms with E-state index < -0.39 is 0 Å². The molecule has 0 spiro atoms. The summed E-state index contributed by atoms with van der Waals surface area (Å²) < 4.78 is 0. The smallest absolute Gasteiger partial charge is 0.271 e. The van der Waals surface area contributed by atoms with Gasteiger partial charge in [0, 0.05) is 0 Å². The van der Waals surface area contributed by atoms with E-state index in [0.717, 1.165) is 0 Å². The zero-order chi connectivity index (χ0) is 10.7. The summed E-state index contributed by atoms with van der Waals surface area (Å²) in [6.45, 7) is 0.371. The van der Waals surface area contributed by atoms with Crippen molar-refractivity contribution in [1.82, 2.24) is 25.1 Å². The van der Waals surface area contributed by atoms with Crippen molar-refractivity contribution in [3.05, 3.63) is 33.9 Å². The summed E-state index contributed by atoms with van der Waals surface area (Å²) in [6.07, 6.45) is 2.67. The molecule has 15 heavy (non-hydrogen) atoms. The van der Waals surface area contributed by atoms with Crippen LogP contribution in [0.25, 0.3) is 0 Å². The Hall–Kier alpha value is -1.89. The van der Waals surface area contributed by atoms with E-state index in [9.17, 15) is 4.79 Å². The summed E-state index contributed by atoms with van der Waals surface area (Å²) in [5.74, 6) is 0.949. The first-order valence-electron chi connectivity index (χ1n) is 4.08. The van der Waals surface area contributed by atoms with Crippen LogP contribution in [-0.2, 0) is 6.54 Å². The number of aromatic nitrogens is 5. The number of nitrogens with zero attached hydrogens (tertiary/aromatic N) is 3. The van der Waals surface area contributed by atoms with Crippen LogP contribution in [-0.4, -0.2) is 25.1 Å². The number of rotatable bonds is 3. The highest BCUT2D eigenvalue weighted by Gasteiger charge is 2.05. The molecule has 0 aromatic carbocycles. The van der Waals surface area contributed by atoms with Gasteiger partial charge >= 0.3 is 0 Å². The van der Waals surface area contributed by atoms with Crippen LogP contribution in [0.2, 0.25) is 5.02 Å². The monoisotopic (exact) mass is 226 g/mol. The molecule has 0 bridgehead atoms. The summed E-state index contributed by atoms with van der Waals surface area (Å²) in [5.41, 5.74) is -0.383. The number of anilines is 1. The van der Waals surface area contributed by atoms with E-state index in [1.54, 1.807) is 0 Å². The average molecular weight is 227 g/mol. The number of halogens is 1. The van der Waals surface area contributed by atoms with Crippen molar-refractivity contribution < 1.29 is 0 Å². The lowest BCUT2D eigenvalue weighted by Gasteiger charge is -2.03. The van der Waals surface area contributed by atoms with Crippen molar-refractivity contribution >= 4 is 17.4 Å². The van der Waals surface area contributed by atoms with Crippen molar-refractivity contribution in [1.29, 1.82) is 0 Å². The highest BCUT2D eigenvalue weighted by molar-refractivity contribution is 6.32. The van der Waals surface area contributed by atoms with E-state index in [1.807, 2.05) is 0 Å². The summed E-state index contributed by atoms with van der Waals surface area (Å²) >= 11 is 5.72. The molecule has 8 heteroatoms. The molecule has 2 aromatic rings. The van der Waals surface area contributed by atoms with E-state index in [0.29, 0.717) is 18.2 Å². The van der Waals surface area contributed by atoms with Crippen LogP contribution >= 0.6 is 11.6 Å². The standard InChI is InChI=1S/C7H7ClN6O/c8-5-6(11-2-12-7(5)15)9-1-4-10-3-13-14-4/h2-3H,1H2,(H,10,13,14)(H2,9,11,12,15). The zero-order valence-corrected chi connectivity index (χ0v) is 8.25. The molecule has 2 rings (SSSR count). The second-order valence-electron chi connectivity index (χ2n) is 2.68. The Balaban J connectivity index is 2.12. The van der Waals surface area contributed by atoms with Crippen LogP contribution in [0.3, 0.4) is 0 Å². The lowest BCUT2D eigenvalue weighted by molar-refractivity contribution is 0.942. The highest BCUT2D eigenvalue weighted by atomic mass is 35.5. The Morgan fingerprint density at radius 2 is 2.33 bits per heavy atom. The van der Waals surface area contributed by atoms with Crippen LogP contribution in [0.4, 0.5) is 5.82 Å². The van der Waals surface area contributed by atoms with E-state index in [-0.39, 0.29) is 10.6 Å². The number of nitrogens with one attached hydrogen (secondary N) is 3. The minimum absolute atomic E-state index is 0.0250. The van der Waals surface area contributed by atoms with Crippen LogP contribution < -0.4 is 10.9 Å². The van der Waals surface area contributed by atoms with Gasteiger partial charge < -0.3 is 10.3 Å². The maximum absolute atomic E-state index is 11.1. The van der Waals surface area contributed by atoms with Gasteiger partial charge in [-0.3, -0.25) is 9.89 Å². The molecule has 7 nitrogen and oxygen atoms in total. The lowest BCUT2D eigenvalue weighted by Crippen LogP contribution is -2.12. The summed E-state index contributed by atoms with van der Waals surface area (Å²) in [4.78, 5) is 21.2. The van der Waals surface area contributed by atoms with Gasteiger partial charge in [-0.1, -0.05) is 11.6 Å². The first-order valence-corrected chi connectivity index (χ1v) is 4.46. The van der Waals surface area contributed by atoms with Crippen LogP contribution in [0.15, 0.2) is 17.4 Å². The predicted molar refractivity (Wildman–Crippen MR) is 53.6 cm³/mol. The van der Waals surface area contributed by atoms with Crippen LogP contribution in [0, 0.1) is 0 Å². The third-order valence-electron chi connectivity index (χ3n) is 1.68. The van der Waals surface area contributed by atoms with Crippen molar-refractivity contribution in [2.24, 2.45) is 0 Å². The number of hydrogen-bond donors (Lipinski definition) is 3. The first-order chi connectivity index (χ1) is 7.27. The minimum Gasteiger partial charge on any atom is -0.361 e. The Kier molecular flexibility index (Phi) is 2.64. The number of H-pyrrole nitrogens is 2. The maximum atomic E-state index is 11.1. The Labute approximate surface area is 88.9 Å². The molecule has 0 aliphatic rings. The molecule has 2 aromatic heterocycles. The van der Waals surface area contributed by atoms with Gasteiger partial charge in [0.05, 0.1) is 12.9 Å². The SMILES string of the molecule is O=c1[nH]cnc(NCc2ncn[nH]2)c1Cl. The Morgan fingerprint density at radius 3 is 3.07 bits per heavy atom. The molecule has 0 amide bonds. The molecule has 0 aliphatic carbocycles. The molecular weight excluding hydrogens is 220 g/mol. The van der Waals surface area contributed by atoms with Crippen molar-refractivity contribution in [3.63, 3.8) is 0 Å². The van der Waals surface area contributed by atoms with E-state index in [2.05, 4.69) is 30.5 Å². The molecule has 0 aliphatic heterocycles. The molecule has 0 radical (unpaired) electrons. The minimum atomic E-state index is -0.383. The highest BCUT2D eigenvalue weighted by Crippen LogP contribution is 2.12. The van der Waals surface area contributed by atoms with E-state index in [4.69, 9.17) is 11.6 Å². The maximum Gasteiger partial charge on any atom is 0.271 e. The van der Waals surface area contributed by atoms with Gasteiger partial charge in [-0.15, -0.1) is 0 Å². The molecule has 0 saturated carbocycles. The fourth-order valence-electron chi connectivity index (χ4n) is 0.990. The zero-order valence-electron chi connectivity index (χ0n) is 7.49. The van der Waals surface area contributed by atoms with E-state index >= 15 is 0 Å². The summed E-state index contributed by atoms with van der Waals surface area (Å²) in [5, 5.41) is 9.22. The number of hydrogen-bond acceptors (Lipinski definition) is 5. The van der Waals surface area contributed by atoms with E-state index in [1.165, 1.54) is 12.7 Å². The molecular formula is C7H7ClN6O. The van der Waals surface area contributed by atoms with Crippen LogP contribution in [0.5, 0.6) is 0 Å². The fourth-order valence-corrected chi connectivity index (χ4v) is 1.16.